The molecular weight excluding hydrogens is 260 g/mol. The SMILES string of the molecule is CN(C(=O)C(N)Cc1ccc(O)cc1)C(C)(C)C(=O)O. The Morgan fingerprint density at radius 1 is 1.30 bits per heavy atom. The number of hydrogen-bond acceptors (Lipinski definition) is 4. The number of hydrogen-bond donors (Lipinski definition) is 3. The van der Waals surface area contributed by atoms with Crippen LogP contribution in [-0.4, -0.2) is 45.6 Å². The van der Waals surface area contributed by atoms with E-state index in [0.29, 0.717) is 0 Å². The second-order valence-corrected chi connectivity index (χ2v) is 5.24. The zero-order chi connectivity index (χ0) is 15.5. The fraction of sp³-hybridized carbons (Fsp3) is 0.429. The molecule has 110 valence electrons. The number of nitrogens with two attached hydrogens (primary N) is 1. The molecule has 1 rings (SSSR count). The van der Waals surface area contributed by atoms with Crippen molar-refractivity contribution >= 4 is 11.9 Å². The van der Waals surface area contributed by atoms with Crippen molar-refractivity contribution in [1.82, 2.24) is 4.90 Å². The molecule has 0 saturated heterocycles. The van der Waals surface area contributed by atoms with E-state index in [1.807, 2.05) is 0 Å². The summed E-state index contributed by atoms with van der Waals surface area (Å²) in [4.78, 5) is 24.4. The minimum absolute atomic E-state index is 0.137. The molecule has 1 aromatic rings. The van der Waals surface area contributed by atoms with Gasteiger partial charge < -0.3 is 20.8 Å². The van der Waals surface area contributed by atoms with E-state index in [0.717, 1.165) is 10.5 Å². The van der Waals surface area contributed by atoms with Gasteiger partial charge in [0.05, 0.1) is 6.04 Å². The van der Waals surface area contributed by atoms with E-state index < -0.39 is 23.5 Å². The number of likely N-dealkylation sites (N-methyl/N-ethyl adjacent to an activating group) is 1. The Morgan fingerprint density at radius 2 is 1.80 bits per heavy atom. The topological polar surface area (TPSA) is 104 Å². The molecule has 0 aliphatic heterocycles. The first-order chi connectivity index (χ1) is 9.16. The van der Waals surface area contributed by atoms with E-state index in [9.17, 15) is 14.7 Å². The molecule has 0 fully saturated rings. The molecule has 0 spiro atoms. The fourth-order valence-electron chi connectivity index (χ4n) is 1.64. The van der Waals surface area contributed by atoms with Crippen LogP contribution in [0.2, 0.25) is 0 Å². The van der Waals surface area contributed by atoms with Gasteiger partial charge in [-0.05, 0) is 38.0 Å². The van der Waals surface area contributed by atoms with E-state index >= 15 is 0 Å². The summed E-state index contributed by atoms with van der Waals surface area (Å²) in [6.45, 7) is 2.89. The highest BCUT2D eigenvalue weighted by molar-refractivity contribution is 5.89. The number of phenols is 1. The molecule has 20 heavy (non-hydrogen) atoms. The summed E-state index contributed by atoms with van der Waals surface area (Å²) in [6.07, 6.45) is 0.277. The van der Waals surface area contributed by atoms with E-state index in [1.54, 1.807) is 12.1 Å². The van der Waals surface area contributed by atoms with Crippen molar-refractivity contribution in [3.63, 3.8) is 0 Å². The number of nitrogens with zero attached hydrogens (tertiary/aromatic N) is 1. The smallest absolute Gasteiger partial charge is 0.329 e. The van der Waals surface area contributed by atoms with Crippen molar-refractivity contribution in [3.05, 3.63) is 29.8 Å². The zero-order valence-corrected chi connectivity index (χ0v) is 11.8. The number of rotatable bonds is 5. The Balaban J connectivity index is 2.77. The number of aromatic hydroxyl groups is 1. The van der Waals surface area contributed by atoms with Crippen LogP contribution >= 0.6 is 0 Å². The second kappa shape index (κ2) is 5.92. The summed E-state index contributed by atoms with van der Waals surface area (Å²) in [5.41, 5.74) is 5.32. The number of carbonyl (C=O) groups is 2. The fourth-order valence-corrected chi connectivity index (χ4v) is 1.64. The summed E-state index contributed by atoms with van der Waals surface area (Å²) in [7, 11) is 1.42. The lowest BCUT2D eigenvalue weighted by molar-refractivity contribution is -0.155. The molecule has 0 aromatic heterocycles. The third kappa shape index (κ3) is 3.48. The molecule has 6 nitrogen and oxygen atoms in total. The Kier molecular flexibility index (Phi) is 4.73. The first-order valence-electron chi connectivity index (χ1n) is 6.21. The molecule has 6 heteroatoms. The zero-order valence-electron chi connectivity index (χ0n) is 11.8. The van der Waals surface area contributed by atoms with E-state index in [2.05, 4.69) is 0 Å². The van der Waals surface area contributed by atoms with Gasteiger partial charge in [0.25, 0.3) is 0 Å². The monoisotopic (exact) mass is 280 g/mol. The number of phenolic OH excluding ortho intramolecular Hbond substituents is 1. The lowest BCUT2D eigenvalue weighted by Gasteiger charge is -2.33. The summed E-state index contributed by atoms with van der Waals surface area (Å²) >= 11 is 0. The van der Waals surface area contributed by atoms with Gasteiger partial charge in [-0.2, -0.15) is 0 Å². The molecule has 1 atom stereocenters. The molecule has 1 amide bonds. The number of amides is 1. The highest BCUT2D eigenvalue weighted by atomic mass is 16.4. The second-order valence-electron chi connectivity index (χ2n) is 5.24. The Labute approximate surface area is 117 Å². The molecule has 0 bridgehead atoms. The van der Waals surface area contributed by atoms with Gasteiger partial charge in [-0.15, -0.1) is 0 Å². The van der Waals surface area contributed by atoms with Crippen LogP contribution < -0.4 is 5.73 Å². The number of aliphatic carboxylic acids is 1. The normalized spacial score (nSPS) is 12.8. The lowest BCUT2D eigenvalue weighted by Crippen LogP contribution is -2.55. The molecule has 1 aromatic carbocycles. The van der Waals surface area contributed by atoms with Gasteiger partial charge in [-0.25, -0.2) is 4.79 Å². The first-order valence-corrected chi connectivity index (χ1v) is 6.21. The van der Waals surface area contributed by atoms with E-state index in [4.69, 9.17) is 10.8 Å². The molecule has 4 N–H and O–H groups in total. The van der Waals surface area contributed by atoms with Gasteiger partial charge in [0.2, 0.25) is 5.91 Å². The predicted molar refractivity (Wildman–Crippen MR) is 74.3 cm³/mol. The van der Waals surface area contributed by atoms with E-state index in [-0.39, 0.29) is 12.2 Å². The van der Waals surface area contributed by atoms with Gasteiger partial charge in [0.15, 0.2) is 0 Å². The molecule has 0 heterocycles. The van der Waals surface area contributed by atoms with Crippen LogP contribution in [0.4, 0.5) is 0 Å². The first kappa shape index (κ1) is 16.0. The largest absolute Gasteiger partial charge is 0.508 e. The van der Waals surface area contributed by atoms with Gasteiger partial charge in [-0.3, -0.25) is 4.79 Å². The maximum absolute atomic E-state index is 12.2. The average Bonchev–Trinajstić information content (AvgIpc) is 2.39. The van der Waals surface area contributed by atoms with Crippen LogP contribution in [0.25, 0.3) is 0 Å². The number of carboxylic acids is 1. The third-order valence-corrected chi connectivity index (χ3v) is 3.40. The highest BCUT2D eigenvalue weighted by Crippen LogP contribution is 2.16. The average molecular weight is 280 g/mol. The van der Waals surface area contributed by atoms with Gasteiger partial charge in [0.1, 0.15) is 11.3 Å². The summed E-state index contributed by atoms with van der Waals surface area (Å²) < 4.78 is 0. The number of carbonyl (C=O) groups excluding carboxylic acids is 1. The molecule has 0 saturated carbocycles. The summed E-state index contributed by atoms with van der Waals surface area (Å²) in [5.74, 6) is -1.39. The number of carboxylic acid groups (broad SMARTS) is 1. The maximum Gasteiger partial charge on any atom is 0.329 e. The summed E-state index contributed by atoms with van der Waals surface area (Å²) in [6, 6.07) is 5.54. The predicted octanol–water partition coefficient (Wildman–Crippen LogP) is 0.584. The van der Waals surface area contributed by atoms with Crippen molar-refractivity contribution in [1.29, 1.82) is 0 Å². The van der Waals surface area contributed by atoms with Crippen molar-refractivity contribution in [3.8, 4) is 5.75 Å². The minimum Gasteiger partial charge on any atom is -0.508 e. The lowest BCUT2D eigenvalue weighted by atomic mass is 10.0. The Bertz CT molecular complexity index is 496. The van der Waals surface area contributed by atoms with E-state index in [1.165, 1.54) is 33.0 Å². The summed E-state index contributed by atoms with van der Waals surface area (Å²) in [5, 5.41) is 18.3. The van der Waals surface area contributed by atoms with Crippen molar-refractivity contribution in [2.24, 2.45) is 5.73 Å². The Morgan fingerprint density at radius 3 is 2.25 bits per heavy atom. The van der Waals surface area contributed by atoms with Crippen LogP contribution in [0, 0.1) is 0 Å². The highest BCUT2D eigenvalue weighted by Gasteiger charge is 2.36. The van der Waals surface area contributed by atoms with Crippen molar-refractivity contribution < 1.29 is 19.8 Å². The minimum atomic E-state index is -1.32. The quantitative estimate of drug-likeness (QED) is 0.732. The van der Waals surface area contributed by atoms with Crippen LogP contribution in [0.1, 0.15) is 19.4 Å². The van der Waals surface area contributed by atoms with Crippen molar-refractivity contribution in [2.45, 2.75) is 31.8 Å². The van der Waals surface area contributed by atoms with Gasteiger partial charge >= 0.3 is 5.97 Å². The molecule has 1 unspecified atom stereocenters. The standard InChI is InChI=1S/C14H20N2O4/c1-14(2,13(19)20)16(3)12(18)11(15)8-9-4-6-10(17)7-5-9/h4-7,11,17H,8,15H2,1-3H3,(H,19,20). The number of benzene rings is 1. The van der Waals surface area contributed by atoms with Crippen molar-refractivity contribution in [2.75, 3.05) is 7.05 Å². The molecule has 0 aliphatic rings. The molecular formula is C14H20N2O4. The van der Waals surface area contributed by atoms with Gasteiger partial charge in [-0.1, -0.05) is 12.1 Å². The third-order valence-electron chi connectivity index (χ3n) is 3.40. The van der Waals surface area contributed by atoms with Crippen LogP contribution in [0.3, 0.4) is 0 Å². The molecule has 0 aliphatic carbocycles. The van der Waals surface area contributed by atoms with Crippen LogP contribution in [0.15, 0.2) is 24.3 Å². The van der Waals surface area contributed by atoms with Gasteiger partial charge in [0, 0.05) is 7.05 Å². The maximum atomic E-state index is 12.2. The van der Waals surface area contributed by atoms with Crippen LogP contribution in [-0.2, 0) is 16.0 Å². The molecule has 0 radical (unpaired) electrons. The Hall–Kier alpha value is -2.08. The van der Waals surface area contributed by atoms with Crippen LogP contribution in [0.5, 0.6) is 5.75 Å².